The van der Waals surface area contributed by atoms with E-state index in [-0.39, 0.29) is 5.82 Å². The molecule has 1 N–H and O–H groups in total. The Morgan fingerprint density at radius 2 is 1.88 bits per heavy atom. The molecule has 1 aliphatic rings. The zero-order chi connectivity index (χ0) is 12.4. The molecule has 2 unspecified atom stereocenters. The molecule has 1 saturated carbocycles. The van der Waals surface area contributed by atoms with Crippen LogP contribution in [-0.4, -0.2) is 6.04 Å². The zero-order valence-corrected chi connectivity index (χ0v) is 11.9. The van der Waals surface area contributed by atoms with Gasteiger partial charge in [0.1, 0.15) is 5.82 Å². The van der Waals surface area contributed by atoms with Crippen molar-refractivity contribution in [2.45, 2.75) is 39.2 Å². The number of anilines is 1. The number of halogens is 2. The van der Waals surface area contributed by atoms with Gasteiger partial charge in [0.15, 0.2) is 0 Å². The van der Waals surface area contributed by atoms with Crippen LogP contribution in [0.3, 0.4) is 0 Å². The molecule has 0 spiro atoms. The quantitative estimate of drug-likeness (QED) is 0.825. The van der Waals surface area contributed by atoms with Crippen LogP contribution in [0.5, 0.6) is 0 Å². The van der Waals surface area contributed by atoms with Crippen molar-refractivity contribution in [1.29, 1.82) is 0 Å². The van der Waals surface area contributed by atoms with Crippen LogP contribution in [0, 0.1) is 17.7 Å². The topological polar surface area (TPSA) is 12.0 Å². The Bertz CT molecular complexity index is 364. The van der Waals surface area contributed by atoms with E-state index in [9.17, 15) is 4.39 Å². The Kier molecular flexibility index (Phi) is 4.08. The van der Waals surface area contributed by atoms with Crippen molar-refractivity contribution in [3.8, 4) is 0 Å². The average Bonchev–Trinajstić information content (AvgIpc) is 2.27. The largest absolute Gasteiger partial charge is 0.378 e. The third-order valence-corrected chi connectivity index (χ3v) is 4.48. The van der Waals surface area contributed by atoms with Crippen LogP contribution in [0.2, 0.25) is 0 Å². The molecule has 1 aromatic carbocycles. The second kappa shape index (κ2) is 5.38. The highest BCUT2D eigenvalue weighted by atomic mass is 79.9. The highest BCUT2D eigenvalue weighted by molar-refractivity contribution is 9.10. The van der Waals surface area contributed by atoms with Gasteiger partial charge in [-0.05, 0) is 52.7 Å². The number of benzene rings is 1. The standard InChI is InChI=1S/C14H19BrFN/c1-9-5-3-6-10(2)13(9)17-14-11(15)7-4-8-12(14)16/h4,7-10,13,17H,3,5-6H2,1-2H3. The molecule has 0 bridgehead atoms. The van der Waals surface area contributed by atoms with E-state index in [0.717, 1.165) is 4.47 Å². The van der Waals surface area contributed by atoms with Crippen LogP contribution in [0.1, 0.15) is 33.1 Å². The zero-order valence-electron chi connectivity index (χ0n) is 10.3. The van der Waals surface area contributed by atoms with Gasteiger partial charge in [0.05, 0.1) is 5.69 Å². The van der Waals surface area contributed by atoms with Gasteiger partial charge in [0, 0.05) is 10.5 Å². The van der Waals surface area contributed by atoms with Crippen molar-refractivity contribution in [1.82, 2.24) is 0 Å². The molecule has 94 valence electrons. The van der Waals surface area contributed by atoms with Crippen molar-refractivity contribution in [3.63, 3.8) is 0 Å². The summed E-state index contributed by atoms with van der Waals surface area (Å²) in [5, 5.41) is 3.40. The molecule has 0 aliphatic heterocycles. The molecule has 2 rings (SSSR count). The number of hydrogen-bond acceptors (Lipinski definition) is 1. The van der Waals surface area contributed by atoms with Crippen molar-refractivity contribution in [2.75, 3.05) is 5.32 Å². The summed E-state index contributed by atoms with van der Waals surface area (Å²) in [5.41, 5.74) is 0.609. The summed E-state index contributed by atoms with van der Waals surface area (Å²) in [4.78, 5) is 0. The lowest BCUT2D eigenvalue weighted by Crippen LogP contribution is -2.37. The van der Waals surface area contributed by atoms with Gasteiger partial charge in [-0.2, -0.15) is 0 Å². The molecular weight excluding hydrogens is 281 g/mol. The molecule has 1 aliphatic carbocycles. The highest BCUT2D eigenvalue weighted by Crippen LogP contribution is 2.34. The minimum Gasteiger partial charge on any atom is -0.378 e. The van der Waals surface area contributed by atoms with E-state index in [1.165, 1.54) is 25.3 Å². The molecule has 0 radical (unpaired) electrons. The molecular formula is C14H19BrFN. The summed E-state index contributed by atoms with van der Waals surface area (Å²) in [6.07, 6.45) is 3.75. The number of nitrogens with one attached hydrogen (secondary N) is 1. The maximum atomic E-state index is 13.8. The third kappa shape index (κ3) is 2.82. The van der Waals surface area contributed by atoms with Crippen molar-refractivity contribution < 1.29 is 4.39 Å². The monoisotopic (exact) mass is 299 g/mol. The molecule has 2 atom stereocenters. The Labute approximate surface area is 111 Å². The first-order valence-corrected chi connectivity index (χ1v) is 7.09. The molecule has 0 aromatic heterocycles. The maximum Gasteiger partial charge on any atom is 0.147 e. The van der Waals surface area contributed by atoms with Gasteiger partial charge >= 0.3 is 0 Å². The molecule has 1 nitrogen and oxygen atoms in total. The number of para-hydroxylation sites is 1. The van der Waals surface area contributed by atoms with E-state index in [4.69, 9.17) is 0 Å². The van der Waals surface area contributed by atoms with Crippen LogP contribution in [0.4, 0.5) is 10.1 Å². The SMILES string of the molecule is CC1CCCC(C)C1Nc1c(F)cccc1Br. The van der Waals surface area contributed by atoms with Crippen LogP contribution in [0.15, 0.2) is 22.7 Å². The Morgan fingerprint density at radius 1 is 1.24 bits per heavy atom. The van der Waals surface area contributed by atoms with Crippen LogP contribution >= 0.6 is 15.9 Å². The second-order valence-electron chi connectivity index (χ2n) is 5.15. The fourth-order valence-corrected chi connectivity index (χ4v) is 3.23. The molecule has 3 heteroatoms. The number of hydrogen-bond donors (Lipinski definition) is 1. The Morgan fingerprint density at radius 3 is 2.47 bits per heavy atom. The van der Waals surface area contributed by atoms with Gasteiger partial charge in [-0.1, -0.05) is 26.3 Å². The summed E-state index contributed by atoms with van der Waals surface area (Å²) in [6.45, 7) is 4.50. The van der Waals surface area contributed by atoms with E-state index in [2.05, 4.69) is 35.1 Å². The van der Waals surface area contributed by atoms with E-state index in [1.807, 2.05) is 6.07 Å². The van der Waals surface area contributed by atoms with E-state index >= 15 is 0 Å². The summed E-state index contributed by atoms with van der Waals surface area (Å²) in [5.74, 6) is 1.03. The fourth-order valence-electron chi connectivity index (χ4n) is 2.77. The Hall–Kier alpha value is -0.570. The summed E-state index contributed by atoms with van der Waals surface area (Å²) < 4.78 is 14.6. The lowest BCUT2D eigenvalue weighted by molar-refractivity contribution is 0.267. The van der Waals surface area contributed by atoms with Crippen LogP contribution < -0.4 is 5.32 Å². The van der Waals surface area contributed by atoms with Gasteiger partial charge in [-0.15, -0.1) is 0 Å². The number of rotatable bonds is 2. The second-order valence-corrected chi connectivity index (χ2v) is 6.01. The predicted molar refractivity (Wildman–Crippen MR) is 73.7 cm³/mol. The summed E-state index contributed by atoms with van der Waals surface area (Å²) in [7, 11) is 0. The molecule has 1 aromatic rings. The van der Waals surface area contributed by atoms with Gasteiger partial charge in [-0.25, -0.2) is 4.39 Å². The lowest BCUT2D eigenvalue weighted by Gasteiger charge is -2.36. The maximum absolute atomic E-state index is 13.8. The first-order valence-electron chi connectivity index (χ1n) is 6.30. The third-order valence-electron chi connectivity index (χ3n) is 3.82. The highest BCUT2D eigenvalue weighted by Gasteiger charge is 2.28. The molecule has 0 saturated heterocycles. The molecule has 0 amide bonds. The first-order chi connectivity index (χ1) is 8.09. The van der Waals surface area contributed by atoms with E-state index < -0.39 is 0 Å². The summed E-state index contributed by atoms with van der Waals surface area (Å²) in [6, 6.07) is 5.48. The predicted octanol–water partition coefficient (Wildman–Crippen LogP) is 4.82. The van der Waals surface area contributed by atoms with Crippen LogP contribution in [0.25, 0.3) is 0 Å². The van der Waals surface area contributed by atoms with Crippen molar-refractivity contribution in [2.24, 2.45) is 11.8 Å². The molecule has 17 heavy (non-hydrogen) atoms. The van der Waals surface area contributed by atoms with Gasteiger partial charge in [0.2, 0.25) is 0 Å². The van der Waals surface area contributed by atoms with Crippen molar-refractivity contribution in [3.05, 3.63) is 28.5 Å². The molecule has 1 fully saturated rings. The lowest BCUT2D eigenvalue weighted by atomic mass is 9.78. The van der Waals surface area contributed by atoms with Crippen molar-refractivity contribution >= 4 is 21.6 Å². The first kappa shape index (κ1) is 12.9. The smallest absolute Gasteiger partial charge is 0.147 e. The van der Waals surface area contributed by atoms with Crippen LogP contribution in [-0.2, 0) is 0 Å². The van der Waals surface area contributed by atoms with E-state index in [1.54, 1.807) is 6.07 Å². The van der Waals surface area contributed by atoms with Gasteiger partial charge < -0.3 is 5.32 Å². The normalized spacial score (nSPS) is 29.1. The minimum atomic E-state index is -0.177. The molecule has 0 heterocycles. The Balaban J connectivity index is 2.19. The summed E-state index contributed by atoms with van der Waals surface area (Å²) >= 11 is 3.41. The minimum absolute atomic E-state index is 0.177. The van der Waals surface area contributed by atoms with Gasteiger partial charge in [-0.3, -0.25) is 0 Å². The van der Waals surface area contributed by atoms with E-state index in [0.29, 0.717) is 23.6 Å². The fraction of sp³-hybridized carbons (Fsp3) is 0.571. The average molecular weight is 300 g/mol. The van der Waals surface area contributed by atoms with Gasteiger partial charge in [0.25, 0.3) is 0 Å².